The number of anilines is 1. The molecule has 3 N–H and O–H groups in total. The summed E-state index contributed by atoms with van der Waals surface area (Å²) >= 11 is -0.996. The Bertz CT molecular complexity index is 750. The lowest BCUT2D eigenvalue weighted by molar-refractivity contribution is 0.112. The topological polar surface area (TPSA) is 106 Å². The molecule has 8 heteroatoms. The van der Waals surface area contributed by atoms with Crippen molar-refractivity contribution in [3.8, 4) is 11.3 Å². The second-order valence-electron chi connectivity index (χ2n) is 4.67. The van der Waals surface area contributed by atoms with E-state index in [1.54, 1.807) is 0 Å². The Labute approximate surface area is 134 Å². The van der Waals surface area contributed by atoms with E-state index < -0.39 is 11.1 Å². The van der Waals surface area contributed by atoms with Crippen molar-refractivity contribution in [2.45, 2.75) is 18.9 Å². The molecule has 0 aliphatic heterocycles. The van der Waals surface area contributed by atoms with Crippen LogP contribution in [0.4, 0.5) is 5.95 Å². The minimum Gasteiger partial charge on any atom is -0.368 e. The van der Waals surface area contributed by atoms with E-state index in [-0.39, 0.29) is 16.6 Å². The van der Waals surface area contributed by atoms with Crippen LogP contribution in [0.1, 0.15) is 21.5 Å². The number of aryl methyl sites for hydroxylation is 2. The van der Waals surface area contributed by atoms with Gasteiger partial charge in [-0.3, -0.25) is 4.79 Å². The van der Waals surface area contributed by atoms with Gasteiger partial charge in [0.05, 0.1) is 11.3 Å². The van der Waals surface area contributed by atoms with Gasteiger partial charge < -0.3 is 10.3 Å². The second kappa shape index (κ2) is 6.99. The molecule has 0 saturated carbocycles. The number of carbonyl (C=O) groups excluding carboxylic acids is 1. The summed E-state index contributed by atoms with van der Waals surface area (Å²) in [6, 6.07) is 5.78. The van der Waals surface area contributed by atoms with Crippen molar-refractivity contribution in [2.75, 3.05) is 10.8 Å². The Kier molecular flexibility index (Phi) is 5.28. The number of benzene rings is 1. The third kappa shape index (κ3) is 3.70. The highest BCUT2D eigenvalue weighted by molar-refractivity contribution is 8.08. The molecule has 0 radical (unpaired) electrons. The smallest absolute Gasteiger partial charge is 0.221 e. The highest BCUT2D eigenvalue weighted by atomic mass is 32.2. The lowest BCUT2D eigenvalue weighted by Crippen LogP contribution is -2.05. The first-order valence-electron chi connectivity index (χ1n) is 6.33. The van der Waals surface area contributed by atoms with E-state index in [9.17, 15) is 9.00 Å². The molecule has 0 fully saturated rings. The first-order valence-corrected chi connectivity index (χ1v) is 8.59. The van der Waals surface area contributed by atoms with Gasteiger partial charge in [-0.05, 0) is 19.4 Å². The summed E-state index contributed by atoms with van der Waals surface area (Å²) in [7, 11) is 0. The lowest BCUT2D eigenvalue weighted by atomic mass is 10.0. The molecule has 6 nitrogen and oxygen atoms in total. The van der Waals surface area contributed by atoms with Crippen LogP contribution in [0.5, 0.6) is 0 Å². The quantitative estimate of drug-likeness (QED) is 0.373. The number of aromatic nitrogens is 2. The van der Waals surface area contributed by atoms with Gasteiger partial charge in [-0.15, -0.1) is 0 Å². The van der Waals surface area contributed by atoms with Crippen molar-refractivity contribution in [1.82, 2.24) is 9.97 Å². The molecule has 0 amide bonds. The van der Waals surface area contributed by atoms with Gasteiger partial charge in [0.15, 0.2) is 17.4 Å². The Morgan fingerprint density at radius 2 is 2.09 bits per heavy atom. The van der Waals surface area contributed by atoms with E-state index in [1.807, 2.05) is 32.0 Å². The summed E-state index contributed by atoms with van der Waals surface area (Å²) in [6.07, 6.45) is 0.650. The van der Waals surface area contributed by atoms with Crippen LogP contribution in [-0.2, 0) is 11.1 Å². The fourth-order valence-electron chi connectivity index (χ4n) is 2.07. The minimum atomic E-state index is -2.00. The van der Waals surface area contributed by atoms with E-state index in [0.717, 1.165) is 28.5 Å². The van der Waals surface area contributed by atoms with Gasteiger partial charge in [-0.1, -0.05) is 35.5 Å². The lowest BCUT2D eigenvalue weighted by Gasteiger charge is -2.12. The van der Waals surface area contributed by atoms with Crippen LogP contribution in [0.15, 0.2) is 23.2 Å². The van der Waals surface area contributed by atoms with Gasteiger partial charge in [-0.2, -0.15) is 0 Å². The number of rotatable bonds is 5. The zero-order valence-corrected chi connectivity index (χ0v) is 13.7. The summed E-state index contributed by atoms with van der Waals surface area (Å²) < 4.78 is 19.7. The summed E-state index contributed by atoms with van der Waals surface area (Å²) in [4.78, 5) is 19.7. The maximum Gasteiger partial charge on any atom is 0.221 e. The maximum absolute atomic E-state index is 11.5. The number of hydrogen-bond acceptors (Lipinski definition) is 6. The Hall–Kier alpha value is -1.77. The Morgan fingerprint density at radius 1 is 1.36 bits per heavy atom. The highest BCUT2D eigenvalue weighted by Crippen LogP contribution is 2.31. The van der Waals surface area contributed by atoms with Gasteiger partial charge >= 0.3 is 0 Å². The van der Waals surface area contributed by atoms with E-state index >= 15 is 0 Å². The Morgan fingerprint density at radius 3 is 2.68 bits per heavy atom. The van der Waals surface area contributed by atoms with Gasteiger partial charge in [0.1, 0.15) is 10.1 Å². The normalized spacial score (nSPS) is 12.1. The van der Waals surface area contributed by atoms with Gasteiger partial charge in [-0.25, -0.2) is 14.2 Å². The van der Waals surface area contributed by atoms with Crippen molar-refractivity contribution in [3.05, 3.63) is 34.9 Å². The number of nitrogen functional groups attached to an aromatic ring is 1. The van der Waals surface area contributed by atoms with Gasteiger partial charge in [0.25, 0.3) is 0 Å². The molecule has 2 rings (SSSR count). The SMILES string of the molecule is Cc1ccc(-c2nc(N)nc(SCS(=O)O)c2C=O)c(C)c1. The number of carbonyl (C=O) groups is 1. The minimum absolute atomic E-state index is 0.0202. The van der Waals surface area contributed by atoms with Crippen LogP contribution in [0, 0.1) is 13.8 Å². The van der Waals surface area contributed by atoms with Crippen molar-refractivity contribution in [2.24, 2.45) is 0 Å². The average molecular weight is 337 g/mol. The van der Waals surface area contributed by atoms with Gasteiger partial charge in [0, 0.05) is 5.56 Å². The molecule has 0 spiro atoms. The number of thioether (sulfide) groups is 1. The molecule has 22 heavy (non-hydrogen) atoms. The third-order valence-corrected chi connectivity index (χ3v) is 4.84. The summed E-state index contributed by atoms with van der Waals surface area (Å²) in [5.74, 6) is 0.0202. The maximum atomic E-state index is 11.5. The van der Waals surface area contributed by atoms with E-state index in [4.69, 9.17) is 10.3 Å². The zero-order chi connectivity index (χ0) is 16.3. The third-order valence-electron chi connectivity index (χ3n) is 2.98. The molecule has 2 aromatic rings. The van der Waals surface area contributed by atoms with Crippen molar-refractivity contribution >= 4 is 35.1 Å². The molecule has 116 valence electrons. The molecular formula is C14H15N3O3S2. The van der Waals surface area contributed by atoms with E-state index in [1.165, 1.54) is 0 Å². The summed E-state index contributed by atoms with van der Waals surface area (Å²) in [5.41, 5.74) is 9.27. The molecule has 0 aliphatic carbocycles. The molecular weight excluding hydrogens is 322 g/mol. The van der Waals surface area contributed by atoms with Crippen LogP contribution >= 0.6 is 11.8 Å². The van der Waals surface area contributed by atoms with Crippen molar-refractivity contribution < 1.29 is 13.6 Å². The molecule has 1 unspecified atom stereocenters. The molecule has 1 heterocycles. The first-order chi connectivity index (χ1) is 10.4. The Balaban J connectivity index is 2.59. The fourth-order valence-corrected chi connectivity index (χ4v) is 3.38. The number of nitrogens with zero attached hydrogens (tertiary/aromatic N) is 2. The average Bonchev–Trinajstić information content (AvgIpc) is 2.44. The predicted molar refractivity (Wildman–Crippen MR) is 88.2 cm³/mol. The molecule has 1 aromatic carbocycles. The number of hydrogen-bond donors (Lipinski definition) is 2. The number of aldehydes is 1. The van der Waals surface area contributed by atoms with Crippen LogP contribution in [0.25, 0.3) is 11.3 Å². The predicted octanol–water partition coefficient (Wildman–Crippen LogP) is 2.43. The summed E-state index contributed by atoms with van der Waals surface area (Å²) in [5, 5.41) is 0.212. The fraction of sp³-hybridized carbons (Fsp3) is 0.214. The monoisotopic (exact) mass is 337 g/mol. The molecule has 1 aromatic heterocycles. The molecule has 1 atom stereocenters. The second-order valence-corrected chi connectivity index (χ2v) is 6.93. The van der Waals surface area contributed by atoms with Crippen molar-refractivity contribution in [1.29, 1.82) is 0 Å². The molecule has 0 bridgehead atoms. The standard InChI is InChI=1S/C14H15N3O3S2/c1-8-3-4-10(9(2)5-8)12-11(6-18)13(17-14(15)16-12)21-7-22(19)20/h3-6H,7H2,1-2H3,(H,19,20)(H2,15,16,17). The van der Waals surface area contributed by atoms with Crippen LogP contribution in [0.2, 0.25) is 0 Å². The van der Waals surface area contributed by atoms with Crippen molar-refractivity contribution in [3.63, 3.8) is 0 Å². The van der Waals surface area contributed by atoms with E-state index in [2.05, 4.69) is 9.97 Å². The number of nitrogens with two attached hydrogens (primary N) is 1. The molecule has 0 saturated heterocycles. The molecule has 0 aliphatic rings. The van der Waals surface area contributed by atoms with Crippen LogP contribution < -0.4 is 5.73 Å². The highest BCUT2D eigenvalue weighted by Gasteiger charge is 2.17. The van der Waals surface area contributed by atoms with Crippen LogP contribution in [-0.4, -0.2) is 30.1 Å². The van der Waals surface area contributed by atoms with E-state index in [0.29, 0.717) is 17.0 Å². The van der Waals surface area contributed by atoms with Crippen LogP contribution in [0.3, 0.4) is 0 Å². The van der Waals surface area contributed by atoms with Gasteiger partial charge in [0.2, 0.25) is 5.95 Å². The largest absolute Gasteiger partial charge is 0.368 e. The first kappa shape index (κ1) is 16.6. The summed E-state index contributed by atoms with van der Waals surface area (Å²) in [6.45, 7) is 3.90. The zero-order valence-electron chi connectivity index (χ0n) is 12.1.